The Hall–Kier alpha value is -2.81. The third-order valence-electron chi connectivity index (χ3n) is 5.21. The molecule has 1 saturated heterocycles. The molecule has 0 aliphatic carbocycles. The van der Waals surface area contributed by atoms with E-state index in [1.807, 2.05) is 30.3 Å². The second-order valence-corrected chi connectivity index (χ2v) is 7.62. The van der Waals surface area contributed by atoms with Crippen molar-refractivity contribution in [2.45, 2.75) is 6.42 Å². The highest BCUT2D eigenvalue weighted by atomic mass is 32.1. The second-order valence-electron chi connectivity index (χ2n) is 7.23. The fraction of sp³-hybridized carbons (Fsp3) is 0.318. The Morgan fingerprint density at radius 3 is 2.67 bits per heavy atom. The van der Waals surface area contributed by atoms with Crippen molar-refractivity contribution < 1.29 is 9.53 Å². The monoisotopic (exact) mass is 424 g/mol. The molecule has 1 amide bonds. The highest BCUT2D eigenvalue weighted by Crippen LogP contribution is 2.13. The summed E-state index contributed by atoms with van der Waals surface area (Å²) in [6, 6.07) is 14.3. The molecule has 2 aromatic carbocycles. The minimum atomic E-state index is -0.211. The van der Waals surface area contributed by atoms with Crippen LogP contribution in [-0.4, -0.2) is 59.8 Å². The predicted octanol–water partition coefficient (Wildman–Crippen LogP) is 2.50. The lowest BCUT2D eigenvalue weighted by Crippen LogP contribution is -2.38. The first-order valence-corrected chi connectivity index (χ1v) is 10.5. The first-order valence-electron chi connectivity index (χ1n) is 10.1. The van der Waals surface area contributed by atoms with Crippen LogP contribution in [0.2, 0.25) is 0 Å². The van der Waals surface area contributed by atoms with E-state index in [1.54, 1.807) is 18.2 Å². The van der Waals surface area contributed by atoms with Crippen molar-refractivity contribution in [2.75, 3.05) is 39.4 Å². The molecule has 156 valence electrons. The maximum absolute atomic E-state index is 13.0. The van der Waals surface area contributed by atoms with Crippen LogP contribution >= 0.6 is 12.2 Å². The first kappa shape index (κ1) is 20.5. The summed E-state index contributed by atoms with van der Waals surface area (Å²) in [4.78, 5) is 30.9. The quantitative estimate of drug-likeness (QED) is 0.470. The molecule has 0 saturated carbocycles. The maximum atomic E-state index is 13.0. The van der Waals surface area contributed by atoms with Crippen LogP contribution in [0, 0.1) is 4.77 Å². The van der Waals surface area contributed by atoms with Gasteiger partial charge in [0.1, 0.15) is 0 Å². The Balaban J connectivity index is 1.47. The van der Waals surface area contributed by atoms with Gasteiger partial charge in [-0.25, -0.2) is 0 Å². The highest BCUT2D eigenvalue weighted by molar-refractivity contribution is 7.71. The SMILES string of the molecule is O=C(NCCCN1CCOCC1)c1ccc2c(=O)n(-c3ccccc3)c(=S)[nH]c2c1. The molecular formula is C22H24N4O3S. The van der Waals surface area contributed by atoms with Gasteiger partial charge in [-0.15, -0.1) is 0 Å². The molecule has 1 fully saturated rings. The number of nitrogens with one attached hydrogen (secondary N) is 2. The van der Waals surface area contributed by atoms with Crippen LogP contribution in [-0.2, 0) is 4.74 Å². The lowest BCUT2D eigenvalue weighted by Gasteiger charge is -2.26. The van der Waals surface area contributed by atoms with Crippen LogP contribution < -0.4 is 10.9 Å². The number of hydrogen-bond donors (Lipinski definition) is 2. The van der Waals surface area contributed by atoms with Gasteiger partial charge in [-0.3, -0.25) is 19.1 Å². The number of benzene rings is 2. The second kappa shape index (κ2) is 9.34. The smallest absolute Gasteiger partial charge is 0.266 e. The van der Waals surface area contributed by atoms with Gasteiger partial charge < -0.3 is 15.0 Å². The molecule has 0 spiro atoms. The topological polar surface area (TPSA) is 79.4 Å². The average molecular weight is 425 g/mol. The van der Waals surface area contributed by atoms with Crippen molar-refractivity contribution in [3.05, 3.63) is 69.2 Å². The van der Waals surface area contributed by atoms with E-state index in [4.69, 9.17) is 17.0 Å². The van der Waals surface area contributed by atoms with Crippen LogP contribution in [0.4, 0.5) is 0 Å². The summed E-state index contributed by atoms with van der Waals surface area (Å²) in [6.45, 7) is 4.97. The molecule has 4 rings (SSSR count). The molecule has 0 unspecified atom stereocenters. The molecule has 8 heteroatoms. The Labute approximate surface area is 179 Å². The number of para-hydroxylation sites is 1. The molecule has 1 aliphatic rings. The molecule has 0 radical (unpaired) electrons. The van der Waals surface area contributed by atoms with Gasteiger partial charge in [0.05, 0.1) is 29.8 Å². The summed E-state index contributed by atoms with van der Waals surface area (Å²) in [5.74, 6) is -0.162. The zero-order valence-electron chi connectivity index (χ0n) is 16.6. The van der Waals surface area contributed by atoms with Gasteiger partial charge >= 0.3 is 0 Å². The van der Waals surface area contributed by atoms with Gasteiger partial charge in [0.15, 0.2) is 4.77 Å². The Bertz CT molecular complexity index is 1150. The van der Waals surface area contributed by atoms with Crippen molar-refractivity contribution in [3.8, 4) is 5.69 Å². The van der Waals surface area contributed by atoms with Crippen LogP contribution in [0.3, 0.4) is 0 Å². The van der Waals surface area contributed by atoms with E-state index in [0.29, 0.717) is 33.5 Å². The number of hydrogen-bond acceptors (Lipinski definition) is 5. The van der Waals surface area contributed by atoms with Crippen LogP contribution in [0.15, 0.2) is 53.3 Å². The molecule has 3 aromatic rings. The van der Waals surface area contributed by atoms with Gasteiger partial charge in [0, 0.05) is 25.2 Å². The number of amides is 1. The fourth-order valence-corrected chi connectivity index (χ4v) is 3.90. The molecule has 1 aromatic heterocycles. The van der Waals surface area contributed by atoms with Gasteiger partial charge in [-0.2, -0.15) is 0 Å². The number of morpholine rings is 1. The van der Waals surface area contributed by atoms with Crippen LogP contribution in [0.5, 0.6) is 0 Å². The zero-order valence-corrected chi connectivity index (χ0v) is 17.4. The largest absolute Gasteiger partial charge is 0.379 e. The van der Waals surface area contributed by atoms with Crippen molar-refractivity contribution in [1.82, 2.24) is 19.8 Å². The van der Waals surface area contributed by atoms with E-state index in [1.165, 1.54) is 4.57 Å². The molecule has 2 heterocycles. The number of ether oxygens (including phenoxy) is 1. The Kier molecular flexibility index (Phi) is 6.37. The number of nitrogens with zero attached hydrogens (tertiary/aromatic N) is 2. The standard InChI is InChI=1S/C22H24N4O3S/c27-20(23-9-4-10-25-11-13-29-14-12-25)16-7-8-18-19(15-16)24-22(30)26(21(18)28)17-5-2-1-3-6-17/h1-3,5-8,15H,4,9-14H2,(H,23,27)(H,24,30). The van der Waals surface area contributed by atoms with Crippen molar-refractivity contribution in [2.24, 2.45) is 0 Å². The minimum absolute atomic E-state index is 0.162. The normalized spacial score (nSPS) is 14.7. The van der Waals surface area contributed by atoms with Gasteiger partial charge in [0.25, 0.3) is 11.5 Å². The highest BCUT2D eigenvalue weighted by Gasteiger charge is 2.12. The van der Waals surface area contributed by atoms with Gasteiger partial charge in [-0.05, 0) is 55.5 Å². The van der Waals surface area contributed by atoms with Crippen molar-refractivity contribution in [1.29, 1.82) is 0 Å². The molecule has 7 nitrogen and oxygen atoms in total. The zero-order chi connectivity index (χ0) is 20.9. The van der Waals surface area contributed by atoms with Gasteiger partial charge in [-0.1, -0.05) is 18.2 Å². The number of aromatic amines is 1. The molecule has 0 atom stereocenters. The number of aromatic nitrogens is 2. The van der Waals surface area contributed by atoms with E-state index in [-0.39, 0.29) is 11.5 Å². The summed E-state index contributed by atoms with van der Waals surface area (Å²) >= 11 is 5.40. The molecule has 1 aliphatic heterocycles. The summed E-state index contributed by atoms with van der Waals surface area (Å²) in [6.07, 6.45) is 0.879. The predicted molar refractivity (Wildman–Crippen MR) is 119 cm³/mol. The van der Waals surface area contributed by atoms with E-state index in [2.05, 4.69) is 15.2 Å². The maximum Gasteiger partial charge on any atom is 0.266 e. The number of carbonyl (C=O) groups excluding carboxylic acids is 1. The summed E-state index contributed by atoms with van der Waals surface area (Å²) < 4.78 is 7.10. The lowest BCUT2D eigenvalue weighted by atomic mass is 10.1. The van der Waals surface area contributed by atoms with E-state index < -0.39 is 0 Å². The van der Waals surface area contributed by atoms with E-state index in [0.717, 1.165) is 39.3 Å². The minimum Gasteiger partial charge on any atom is -0.379 e. The van der Waals surface area contributed by atoms with E-state index in [9.17, 15) is 9.59 Å². The summed E-state index contributed by atoms with van der Waals surface area (Å²) in [5.41, 5.74) is 1.54. The van der Waals surface area contributed by atoms with Gasteiger partial charge in [0.2, 0.25) is 0 Å². The third-order valence-corrected chi connectivity index (χ3v) is 5.50. The van der Waals surface area contributed by atoms with Crippen LogP contribution in [0.1, 0.15) is 16.8 Å². The third kappa shape index (κ3) is 4.51. The van der Waals surface area contributed by atoms with Crippen molar-refractivity contribution in [3.63, 3.8) is 0 Å². The molecule has 0 bridgehead atoms. The first-order chi connectivity index (χ1) is 14.6. The molecule has 30 heavy (non-hydrogen) atoms. The average Bonchev–Trinajstić information content (AvgIpc) is 2.77. The molecule has 2 N–H and O–H groups in total. The van der Waals surface area contributed by atoms with Crippen molar-refractivity contribution >= 4 is 29.0 Å². The molecular weight excluding hydrogens is 400 g/mol. The fourth-order valence-electron chi connectivity index (χ4n) is 3.60. The van der Waals surface area contributed by atoms with E-state index >= 15 is 0 Å². The summed E-state index contributed by atoms with van der Waals surface area (Å²) in [7, 11) is 0. The number of carbonyl (C=O) groups is 1. The lowest BCUT2D eigenvalue weighted by molar-refractivity contribution is 0.0374. The summed E-state index contributed by atoms with van der Waals surface area (Å²) in [5, 5.41) is 3.43. The Morgan fingerprint density at radius 2 is 1.90 bits per heavy atom. The Morgan fingerprint density at radius 1 is 1.13 bits per heavy atom. The number of rotatable bonds is 6. The number of fused-ring (bicyclic) bond motifs is 1. The van der Waals surface area contributed by atoms with Crippen LogP contribution in [0.25, 0.3) is 16.6 Å². The number of H-pyrrole nitrogens is 1.